The van der Waals surface area contributed by atoms with Gasteiger partial charge in [-0.3, -0.25) is 14.9 Å². The molecular weight excluding hydrogens is 290 g/mol. The summed E-state index contributed by atoms with van der Waals surface area (Å²) in [4.78, 5) is 28.6. The Balaban J connectivity index is 2.02. The molecule has 1 aromatic carbocycles. The number of pyridine rings is 1. The Morgan fingerprint density at radius 1 is 1.17 bits per heavy atom. The zero-order chi connectivity index (χ0) is 16.0. The molecule has 1 aliphatic rings. The van der Waals surface area contributed by atoms with Crippen LogP contribution in [-0.2, 0) is 16.0 Å². The molecule has 2 amide bonds. The third-order valence-corrected chi connectivity index (χ3v) is 4.50. The van der Waals surface area contributed by atoms with E-state index in [-0.39, 0.29) is 11.8 Å². The summed E-state index contributed by atoms with van der Waals surface area (Å²) in [7, 11) is 0. The predicted molar refractivity (Wildman–Crippen MR) is 88.0 cm³/mol. The van der Waals surface area contributed by atoms with Gasteiger partial charge >= 0.3 is 0 Å². The van der Waals surface area contributed by atoms with Crippen molar-refractivity contribution in [1.29, 1.82) is 0 Å². The second kappa shape index (κ2) is 5.19. The summed E-state index contributed by atoms with van der Waals surface area (Å²) in [5.41, 5.74) is 2.80. The van der Waals surface area contributed by atoms with Gasteiger partial charge in [-0.05, 0) is 31.0 Å². The monoisotopic (exact) mass is 307 g/mol. The summed E-state index contributed by atoms with van der Waals surface area (Å²) >= 11 is 0. The Bertz CT molecular complexity index is 942. The second-order valence-corrected chi connectivity index (χ2v) is 5.88. The first kappa shape index (κ1) is 13.9. The number of rotatable bonds is 2. The Hall–Kier alpha value is -2.69. The number of nitrogens with zero attached hydrogens (tertiary/aromatic N) is 2. The first-order chi connectivity index (χ1) is 11.2. The predicted octanol–water partition coefficient (Wildman–Crippen LogP) is 2.73. The minimum absolute atomic E-state index is 0.200. The number of carbonyl (C=O) groups excluding carboxylic acids is 2. The Labute approximate surface area is 133 Å². The van der Waals surface area contributed by atoms with Gasteiger partial charge in [0.2, 0.25) is 11.8 Å². The third kappa shape index (κ3) is 2.11. The molecule has 0 aliphatic carbocycles. The molecule has 1 aliphatic heterocycles. The zero-order valence-corrected chi connectivity index (χ0v) is 12.9. The van der Waals surface area contributed by atoms with Gasteiger partial charge in [-0.25, -0.2) is 4.98 Å². The highest BCUT2D eigenvalue weighted by molar-refractivity contribution is 6.08. The first-order valence-electron chi connectivity index (χ1n) is 7.91. The van der Waals surface area contributed by atoms with Crippen molar-refractivity contribution in [2.24, 2.45) is 0 Å². The van der Waals surface area contributed by atoms with Gasteiger partial charge in [0, 0.05) is 22.9 Å². The molecular formula is C18H17N3O2. The molecule has 23 heavy (non-hydrogen) atoms. The summed E-state index contributed by atoms with van der Waals surface area (Å²) in [6.07, 6.45) is 1.71. The van der Waals surface area contributed by atoms with Crippen molar-refractivity contribution in [1.82, 2.24) is 14.9 Å². The number of aryl methyl sites for hydroxylation is 1. The maximum Gasteiger partial charge on any atom is 0.249 e. The number of hydrogen-bond donors (Lipinski definition) is 1. The highest BCUT2D eigenvalue weighted by Gasteiger charge is 2.30. The molecule has 3 heterocycles. The number of nitrogens with one attached hydrogen (secondary N) is 1. The summed E-state index contributed by atoms with van der Waals surface area (Å²) < 4.78 is 1.99. The quantitative estimate of drug-likeness (QED) is 0.740. The van der Waals surface area contributed by atoms with Crippen molar-refractivity contribution in [3.05, 3.63) is 42.1 Å². The van der Waals surface area contributed by atoms with E-state index in [0.29, 0.717) is 12.8 Å². The second-order valence-electron chi connectivity index (χ2n) is 5.88. The Morgan fingerprint density at radius 3 is 2.78 bits per heavy atom. The molecule has 116 valence electrons. The van der Waals surface area contributed by atoms with E-state index < -0.39 is 6.04 Å². The van der Waals surface area contributed by atoms with E-state index in [1.54, 1.807) is 0 Å². The molecule has 1 unspecified atom stereocenters. The smallest absolute Gasteiger partial charge is 0.249 e. The van der Waals surface area contributed by atoms with E-state index in [1.807, 2.05) is 34.9 Å². The van der Waals surface area contributed by atoms with Crippen molar-refractivity contribution in [3.8, 4) is 0 Å². The van der Waals surface area contributed by atoms with E-state index in [1.165, 1.54) is 0 Å². The van der Waals surface area contributed by atoms with Crippen molar-refractivity contribution >= 4 is 33.8 Å². The number of para-hydroxylation sites is 1. The van der Waals surface area contributed by atoms with Gasteiger partial charge in [-0.15, -0.1) is 0 Å². The van der Waals surface area contributed by atoms with Crippen LogP contribution in [0.2, 0.25) is 0 Å². The average molecular weight is 307 g/mol. The van der Waals surface area contributed by atoms with Crippen LogP contribution in [0.1, 0.15) is 31.5 Å². The van der Waals surface area contributed by atoms with Gasteiger partial charge in [0.15, 0.2) is 0 Å². The number of piperidine rings is 1. The largest absolute Gasteiger partial charge is 0.313 e. The maximum absolute atomic E-state index is 12.4. The van der Waals surface area contributed by atoms with Crippen LogP contribution in [0.25, 0.3) is 21.9 Å². The van der Waals surface area contributed by atoms with Crippen LogP contribution in [0, 0.1) is 0 Å². The van der Waals surface area contributed by atoms with E-state index in [0.717, 1.165) is 34.1 Å². The summed E-state index contributed by atoms with van der Waals surface area (Å²) in [6.45, 7) is 2.06. The molecule has 0 bridgehead atoms. The van der Waals surface area contributed by atoms with Crippen LogP contribution < -0.4 is 5.32 Å². The Kier molecular flexibility index (Phi) is 3.15. The molecule has 5 heteroatoms. The van der Waals surface area contributed by atoms with Gasteiger partial charge in [0.05, 0.1) is 5.52 Å². The number of amides is 2. The fourth-order valence-corrected chi connectivity index (χ4v) is 3.35. The number of carbonyl (C=O) groups is 2. The minimum Gasteiger partial charge on any atom is -0.313 e. The van der Waals surface area contributed by atoms with E-state index in [9.17, 15) is 9.59 Å². The molecule has 2 aromatic heterocycles. The van der Waals surface area contributed by atoms with E-state index in [4.69, 9.17) is 4.98 Å². The molecule has 0 saturated carbocycles. The molecule has 0 spiro atoms. The van der Waals surface area contributed by atoms with E-state index >= 15 is 0 Å². The van der Waals surface area contributed by atoms with Crippen molar-refractivity contribution in [2.75, 3.05) is 0 Å². The van der Waals surface area contributed by atoms with Crippen LogP contribution in [0.15, 0.2) is 36.4 Å². The van der Waals surface area contributed by atoms with Gasteiger partial charge in [-0.1, -0.05) is 25.1 Å². The lowest BCUT2D eigenvalue weighted by Crippen LogP contribution is -2.41. The lowest BCUT2D eigenvalue weighted by Gasteiger charge is -2.23. The van der Waals surface area contributed by atoms with Crippen molar-refractivity contribution < 1.29 is 9.59 Å². The number of hydrogen-bond acceptors (Lipinski definition) is 3. The van der Waals surface area contributed by atoms with Crippen molar-refractivity contribution in [2.45, 2.75) is 32.2 Å². The summed E-state index contributed by atoms with van der Waals surface area (Å²) in [6, 6.07) is 11.7. The molecule has 3 aromatic rings. The highest BCUT2D eigenvalue weighted by Crippen LogP contribution is 2.33. The normalized spacial score (nSPS) is 18.6. The van der Waals surface area contributed by atoms with Crippen LogP contribution in [0.3, 0.4) is 0 Å². The summed E-state index contributed by atoms with van der Waals surface area (Å²) in [5.74, 6) is -0.443. The molecule has 5 nitrogen and oxygen atoms in total. The zero-order valence-electron chi connectivity index (χ0n) is 12.9. The SMILES string of the molecule is CCc1ccc2c3ccccc3n(C3CCC(=O)NC3=O)c2n1. The van der Waals surface area contributed by atoms with Gasteiger partial charge in [0.1, 0.15) is 11.7 Å². The Morgan fingerprint density at radius 2 is 2.00 bits per heavy atom. The minimum atomic E-state index is -0.394. The van der Waals surface area contributed by atoms with Crippen LogP contribution in [0.4, 0.5) is 0 Å². The maximum atomic E-state index is 12.4. The third-order valence-electron chi connectivity index (χ3n) is 4.50. The molecule has 1 fully saturated rings. The average Bonchev–Trinajstić information content (AvgIpc) is 2.89. The number of imide groups is 1. The van der Waals surface area contributed by atoms with Crippen LogP contribution in [0.5, 0.6) is 0 Å². The molecule has 0 radical (unpaired) electrons. The standard InChI is InChI=1S/C18H17N3O2/c1-2-11-7-8-13-12-5-3-4-6-14(12)21(17(13)19-11)15-9-10-16(22)20-18(15)23/h3-8,15H,2,9-10H2,1H3,(H,20,22,23). The number of benzene rings is 1. The summed E-state index contributed by atoms with van der Waals surface area (Å²) in [5, 5.41) is 4.58. The lowest BCUT2D eigenvalue weighted by molar-refractivity contribution is -0.135. The molecule has 1 atom stereocenters. The van der Waals surface area contributed by atoms with Crippen LogP contribution in [-0.4, -0.2) is 21.4 Å². The fourth-order valence-electron chi connectivity index (χ4n) is 3.35. The van der Waals surface area contributed by atoms with Gasteiger partial charge in [0.25, 0.3) is 0 Å². The first-order valence-corrected chi connectivity index (χ1v) is 7.91. The lowest BCUT2D eigenvalue weighted by atomic mass is 10.1. The number of fused-ring (bicyclic) bond motifs is 3. The molecule has 1 N–H and O–H groups in total. The number of aromatic nitrogens is 2. The van der Waals surface area contributed by atoms with E-state index in [2.05, 4.69) is 18.3 Å². The molecule has 4 rings (SSSR count). The van der Waals surface area contributed by atoms with Gasteiger partial charge < -0.3 is 4.57 Å². The van der Waals surface area contributed by atoms with Crippen LogP contribution >= 0.6 is 0 Å². The van der Waals surface area contributed by atoms with Gasteiger partial charge in [-0.2, -0.15) is 0 Å². The molecule has 1 saturated heterocycles. The topological polar surface area (TPSA) is 64.0 Å². The fraction of sp³-hybridized carbons (Fsp3) is 0.278. The highest BCUT2D eigenvalue weighted by atomic mass is 16.2. The van der Waals surface area contributed by atoms with Crippen molar-refractivity contribution in [3.63, 3.8) is 0 Å².